The Morgan fingerprint density at radius 3 is 2.47 bits per heavy atom. The molecular formula is C12H19NO2. The van der Waals surface area contributed by atoms with Crippen LogP contribution < -0.4 is 5.73 Å². The fraction of sp³-hybridized carbons (Fsp3) is 0.500. The summed E-state index contributed by atoms with van der Waals surface area (Å²) in [6.45, 7) is 4.51. The highest BCUT2D eigenvalue weighted by molar-refractivity contribution is 5.17. The maximum Gasteiger partial charge on any atom is 0.102 e. The van der Waals surface area contributed by atoms with Crippen molar-refractivity contribution in [3.05, 3.63) is 35.9 Å². The third-order valence-corrected chi connectivity index (χ3v) is 1.93. The van der Waals surface area contributed by atoms with E-state index in [1.54, 1.807) is 0 Å². The van der Waals surface area contributed by atoms with Crippen molar-refractivity contribution in [2.24, 2.45) is 5.73 Å². The van der Waals surface area contributed by atoms with Crippen molar-refractivity contribution in [2.75, 3.05) is 13.2 Å². The minimum absolute atomic E-state index is 0.282. The molecule has 0 bridgehead atoms. The quantitative estimate of drug-likeness (QED) is 0.772. The van der Waals surface area contributed by atoms with Crippen molar-refractivity contribution in [1.29, 1.82) is 0 Å². The number of aliphatic hydroxyl groups excluding tert-OH is 1. The van der Waals surface area contributed by atoms with E-state index in [0.29, 0.717) is 6.61 Å². The summed E-state index contributed by atoms with van der Waals surface area (Å²) in [6.07, 6.45) is -0.575. The molecule has 84 valence electrons. The van der Waals surface area contributed by atoms with Crippen LogP contribution in [-0.2, 0) is 4.74 Å². The summed E-state index contributed by atoms with van der Waals surface area (Å²) in [5.41, 5.74) is 6.27. The van der Waals surface area contributed by atoms with Gasteiger partial charge in [-0.2, -0.15) is 0 Å². The van der Waals surface area contributed by atoms with Gasteiger partial charge < -0.3 is 15.6 Å². The lowest BCUT2D eigenvalue weighted by atomic mass is 10.1. The van der Waals surface area contributed by atoms with Gasteiger partial charge in [-0.15, -0.1) is 0 Å². The normalized spacial score (nSPS) is 13.9. The molecule has 0 radical (unpaired) electrons. The van der Waals surface area contributed by atoms with Crippen molar-refractivity contribution in [2.45, 2.75) is 25.5 Å². The topological polar surface area (TPSA) is 55.5 Å². The second-order valence-corrected chi connectivity index (χ2v) is 4.43. The van der Waals surface area contributed by atoms with Crippen LogP contribution in [0.4, 0.5) is 0 Å². The van der Waals surface area contributed by atoms with Crippen LogP contribution in [-0.4, -0.2) is 23.9 Å². The second kappa shape index (κ2) is 5.26. The standard InChI is InChI=1S/C12H19NO2/c1-12(2,13)9-15-8-11(14)10-6-4-3-5-7-10/h3-7,11,14H,8-9,13H2,1-2H3. The van der Waals surface area contributed by atoms with E-state index in [4.69, 9.17) is 10.5 Å². The average Bonchev–Trinajstić information content (AvgIpc) is 2.17. The SMILES string of the molecule is CC(C)(N)COCC(O)c1ccccc1. The van der Waals surface area contributed by atoms with E-state index < -0.39 is 6.10 Å². The van der Waals surface area contributed by atoms with E-state index in [1.807, 2.05) is 44.2 Å². The summed E-state index contributed by atoms with van der Waals surface area (Å²) in [7, 11) is 0. The van der Waals surface area contributed by atoms with Gasteiger partial charge in [-0.05, 0) is 19.4 Å². The number of rotatable bonds is 5. The molecule has 0 heterocycles. The summed E-state index contributed by atoms with van der Waals surface area (Å²) < 4.78 is 5.34. The monoisotopic (exact) mass is 209 g/mol. The maximum absolute atomic E-state index is 9.75. The predicted molar refractivity (Wildman–Crippen MR) is 60.5 cm³/mol. The largest absolute Gasteiger partial charge is 0.386 e. The zero-order chi connectivity index (χ0) is 11.3. The minimum Gasteiger partial charge on any atom is -0.386 e. The van der Waals surface area contributed by atoms with Crippen LogP contribution in [0.5, 0.6) is 0 Å². The fourth-order valence-corrected chi connectivity index (χ4v) is 1.21. The number of hydrogen-bond acceptors (Lipinski definition) is 3. The van der Waals surface area contributed by atoms with Crippen molar-refractivity contribution in [3.63, 3.8) is 0 Å². The molecule has 3 N–H and O–H groups in total. The number of aliphatic hydroxyl groups is 1. The number of ether oxygens (including phenoxy) is 1. The summed E-state index contributed by atoms with van der Waals surface area (Å²) in [6, 6.07) is 9.46. The Bertz CT molecular complexity index is 279. The van der Waals surface area contributed by atoms with E-state index in [0.717, 1.165) is 5.56 Å². The van der Waals surface area contributed by atoms with Gasteiger partial charge in [-0.1, -0.05) is 30.3 Å². The molecule has 0 aliphatic heterocycles. The first-order chi connectivity index (χ1) is 6.99. The molecule has 0 amide bonds. The van der Waals surface area contributed by atoms with Gasteiger partial charge in [0, 0.05) is 5.54 Å². The second-order valence-electron chi connectivity index (χ2n) is 4.43. The molecule has 0 saturated carbocycles. The molecule has 0 aliphatic rings. The Kier molecular flexibility index (Phi) is 4.27. The van der Waals surface area contributed by atoms with Crippen molar-refractivity contribution < 1.29 is 9.84 Å². The van der Waals surface area contributed by atoms with Crippen LogP contribution in [0.2, 0.25) is 0 Å². The van der Waals surface area contributed by atoms with Crippen LogP contribution >= 0.6 is 0 Å². The first-order valence-electron chi connectivity index (χ1n) is 5.09. The van der Waals surface area contributed by atoms with Crippen LogP contribution in [0.3, 0.4) is 0 Å². The molecule has 3 nitrogen and oxygen atoms in total. The molecule has 0 aromatic heterocycles. The fourth-order valence-electron chi connectivity index (χ4n) is 1.21. The molecule has 1 unspecified atom stereocenters. The molecule has 1 aromatic carbocycles. The molecule has 1 aromatic rings. The van der Waals surface area contributed by atoms with Crippen molar-refractivity contribution in [1.82, 2.24) is 0 Å². The highest BCUT2D eigenvalue weighted by Crippen LogP contribution is 2.12. The average molecular weight is 209 g/mol. The summed E-state index contributed by atoms with van der Waals surface area (Å²) in [5, 5.41) is 9.75. The molecular weight excluding hydrogens is 190 g/mol. The van der Waals surface area contributed by atoms with Gasteiger partial charge >= 0.3 is 0 Å². The van der Waals surface area contributed by atoms with Gasteiger partial charge in [0.25, 0.3) is 0 Å². The van der Waals surface area contributed by atoms with Crippen LogP contribution in [0.25, 0.3) is 0 Å². The first-order valence-corrected chi connectivity index (χ1v) is 5.09. The van der Waals surface area contributed by atoms with Crippen LogP contribution in [0.1, 0.15) is 25.5 Å². The van der Waals surface area contributed by atoms with E-state index in [9.17, 15) is 5.11 Å². The van der Waals surface area contributed by atoms with Gasteiger partial charge in [-0.3, -0.25) is 0 Å². The van der Waals surface area contributed by atoms with E-state index in [1.165, 1.54) is 0 Å². The van der Waals surface area contributed by atoms with Crippen LogP contribution in [0.15, 0.2) is 30.3 Å². The van der Waals surface area contributed by atoms with Gasteiger partial charge in [0.05, 0.1) is 13.2 Å². The van der Waals surface area contributed by atoms with E-state index in [2.05, 4.69) is 0 Å². The predicted octanol–water partition coefficient (Wildman–Crippen LogP) is 1.47. The third-order valence-electron chi connectivity index (χ3n) is 1.93. The summed E-state index contributed by atoms with van der Waals surface area (Å²) in [4.78, 5) is 0. The highest BCUT2D eigenvalue weighted by atomic mass is 16.5. The summed E-state index contributed by atoms with van der Waals surface area (Å²) in [5.74, 6) is 0. The first kappa shape index (κ1) is 12.2. The lowest BCUT2D eigenvalue weighted by molar-refractivity contribution is 0.0195. The Balaban J connectivity index is 2.34. The Hall–Kier alpha value is -0.900. The van der Waals surface area contributed by atoms with Gasteiger partial charge in [0.2, 0.25) is 0 Å². The van der Waals surface area contributed by atoms with Gasteiger partial charge in [-0.25, -0.2) is 0 Å². The molecule has 0 aliphatic carbocycles. The van der Waals surface area contributed by atoms with Crippen molar-refractivity contribution >= 4 is 0 Å². The Labute approximate surface area is 90.9 Å². The molecule has 0 spiro atoms. The number of hydrogen-bond donors (Lipinski definition) is 2. The lowest BCUT2D eigenvalue weighted by Crippen LogP contribution is -2.37. The number of benzene rings is 1. The van der Waals surface area contributed by atoms with Gasteiger partial charge in [0.1, 0.15) is 6.10 Å². The Morgan fingerprint density at radius 2 is 1.93 bits per heavy atom. The van der Waals surface area contributed by atoms with E-state index >= 15 is 0 Å². The highest BCUT2D eigenvalue weighted by Gasteiger charge is 2.12. The van der Waals surface area contributed by atoms with Crippen molar-refractivity contribution in [3.8, 4) is 0 Å². The zero-order valence-corrected chi connectivity index (χ0v) is 9.31. The van der Waals surface area contributed by atoms with Crippen LogP contribution in [0, 0.1) is 0 Å². The molecule has 1 atom stereocenters. The minimum atomic E-state index is -0.575. The van der Waals surface area contributed by atoms with Gasteiger partial charge in [0.15, 0.2) is 0 Å². The van der Waals surface area contributed by atoms with E-state index in [-0.39, 0.29) is 12.1 Å². The molecule has 15 heavy (non-hydrogen) atoms. The lowest BCUT2D eigenvalue weighted by Gasteiger charge is -2.19. The maximum atomic E-state index is 9.75. The Morgan fingerprint density at radius 1 is 1.33 bits per heavy atom. The number of nitrogens with two attached hydrogens (primary N) is 1. The zero-order valence-electron chi connectivity index (χ0n) is 9.31. The molecule has 0 fully saturated rings. The third kappa shape index (κ3) is 4.93. The molecule has 3 heteroatoms. The smallest absolute Gasteiger partial charge is 0.102 e. The molecule has 1 rings (SSSR count). The summed E-state index contributed by atoms with van der Waals surface area (Å²) >= 11 is 0. The molecule has 0 saturated heterocycles.